The monoisotopic (exact) mass is 399 g/mol. The predicted octanol–water partition coefficient (Wildman–Crippen LogP) is 2.88. The molecule has 2 rings (SSSR count). The van der Waals surface area contributed by atoms with Crippen molar-refractivity contribution in [2.75, 3.05) is 11.9 Å². The van der Waals surface area contributed by atoms with E-state index in [4.69, 9.17) is 0 Å². The fourth-order valence-electron chi connectivity index (χ4n) is 2.94. The van der Waals surface area contributed by atoms with Crippen LogP contribution in [0.3, 0.4) is 0 Å². The summed E-state index contributed by atoms with van der Waals surface area (Å²) in [5, 5.41) is 5.13. The summed E-state index contributed by atoms with van der Waals surface area (Å²) in [7, 11) is 0. The van der Waals surface area contributed by atoms with Crippen LogP contribution in [0, 0.1) is 5.82 Å². The second-order valence-electron chi connectivity index (χ2n) is 6.86. The topological polar surface area (TPSA) is 78.5 Å². The Kier molecular flexibility index (Phi) is 7.88. The van der Waals surface area contributed by atoms with Gasteiger partial charge in [-0.3, -0.25) is 14.4 Å². The highest BCUT2D eigenvalue weighted by molar-refractivity contribution is 6.39. The maximum absolute atomic E-state index is 13.7. The van der Waals surface area contributed by atoms with Crippen LogP contribution in [0.4, 0.5) is 10.1 Å². The van der Waals surface area contributed by atoms with Crippen molar-refractivity contribution in [3.63, 3.8) is 0 Å². The number of nitrogens with one attached hydrogen (secondary N) is 2. The van der Waals surface area contributed by atoms with E-state index in [1.54, 1.807) is 48.2 Å². The van der Waals surface area contributed by atoms with Crippen molar-refractivity contribution in [1.82, 2.24) is 10.2 Å². The molecular formula is C22H26FN3O3. The molecule has 1 unspecified atom stereocenters. The van der Waals surface area contributed by atoms with Gasteiger partial charge in [0.25, 0.3) is 0 Å². The smallest absolute Gasteiger partial charge is 0.313 e. The Morgan fingerprint density at radius 3 is 2.45 bits per heavy atom. The van der Waals surface area contributed by atoms with Gasteiger partial charge < -0.3 is 15.5 Å². The molecule has 0 fully saturated rings. The van der Waals surface area contributed by atoms with Gasteiger partial charge in [0.05, 0.1) is 0 Å². The highest BCUT2D eigenvalue weighted by Gasteiger charge is 2.18. The predicted molar refractivity (Wildman–Crippen MR) is 110 cm³/mol. The van der Waals surface area contributed by atoms with Gasteiger partial charge in [0.2, 0.25) is 5.91 Å². The summed E-state index contributed by atoms with van der Waals surface area (Å²) < 4.78 is 13.7. The highest BCUT2D eigenvalue weighted by atomic mass is 19.1. The largest absolute Gasteiger partial charge is 0.345 e. The molecule has 0 aliphatic rings. The van der Waals surface area contributed by atoms with Gasteiger partial charge in [0, 0.05) is 31.7 Å². The molecule has 6 nitrogen and oxygen atoms in total. The minimum absolute atomic E-state index is 0.0369. The quantitative estimate of drug-likeness (QED) is 0.703. The number of benzene rings is 2. The van der Waals surface area contributed by atoms with Crippen molar-refractivity contribution >= 4 is 23.4 Å². The molecule has 0 saturated carbocycles. The fourth-order valence-corrected chi connectivity index (χ4v) is 2.94. The number of anilines is 1. The first-order valence-electron chi connectivity index (χ1n) is 9.49. The van der Waals surface area contributed by atoms with Crippen LogP contribution < -0.4 is 10.6 Å². The van der Waals surface area contributed by atoms with E-state index < -0.39 is 17.9 Å². The Hall–Kier alpha value is -3.22. The minimum atomic E-state index is -0.804. The molecular weight excluding hydrogens is 373 g/mol. The lowest BCUT2D eigenvalue weighted by atomic mass is 10.1. The Morgan fingerprint density at radius 2 is 1.79 bits per heavy atom. The van der Waals surface area contributed by atoms with Crippen molar-refractivity contribution in [3.05, 3.63) is 65.5 Å². The lowest BCUT2D eigenvalue weighted by molar-refractivity contribution is -0.136. The lowest BCUT2D eigenvalue weighted by Gasteiger charge is -2.19. The van der Waals surface area contributed by atoms with E-state index in [1.807, 2.05) is 13.0 Å². The number of hydrogen-bond acceptors (Lipinski definition) is 3. The summed E-state index contributed by atoms with van der Waals surface area (Å²) in [4.78, 5) is 37.6. The number of hydrogen-bond donors (Lipinski definition) is 2. The van der Waals surface area contributed by atoms with Crippen molar-refractivity contribution in [3.8, 4) is 0 Å². The van der Waals surface area contributed by atoms with Gasteiger partial charge in [0.15, 0.2) is 0 Å². The van der Waals surface area contributed by atoms with E-state index in [9.17, 15) is 18.8 Å². The van der Waals surface area contributed by atoms with Gasteiger partial charge >= 0.3 is 11.8 Å². The van der Waals surface area contributed by atoms with Crippen LogP contribution in [0.1, 0.15) is 31.9 Å². The van der Waals surface area contributed by atoms with E-state index in [0.717, 1.165) is 5.56 Å². The zero-order valence-electron chi connectivity index (χ0n) is 16.9. The molecule has 0 bridgehead atoms. The van der Waals surface area contributed by atoms with E-state index in [0.29, 0.717) is 24.3 Å². The molecule has 29 heavy (non-hydrogen) atoms. The molecule has 1 atom stereocenters. The van der Waals surface area contributed by atoms with Gasteiger partial charge in [-0.05, 0) is 49.6 Å². The molecule has 0 aliphatic heterocycles. The number of nitrogens with zero attached hydrogens (tertiary/aromatic N) is 1. The summed E-state index contributed by atoms with van der Waals surface area (Å²) in [6.45, 7) is 6.09. The van der Waals surface area contributed by atoms with Crippen molar-refractivity contribution in [2.45, 2.75) is 39.8 Å². The number of rotatable bonds is 7. The van der Waals surface area contributed by atoms with Crippen LogP contribution in [0.2, 0.25) is 0 Å². The zero-order valence-corrected chi connectivity index (χ0v) is 16.9. The van der Waals surface area contributed by atoms with E-state index in [2.05, 4.69) is 10.6 Å². The van der Waals surface area contributed by atoms with Crippen LogP contribution in [0.5, 0.6) is 0 Å². The van der Waals surface area contributed by atoms with Crippen LogP contribution in [-0.4, -0.2) is 35.2 Å². The summed E-state index contributed by atoms with van der Waals surface area (Å²) in [6.07, 6.45) is 0.277. The second kappa shape index (κ2) is 10.4. The molecule has 2 aromatic carbocycles. The van der Waals surface area contributed by atoms with Crippen LogP contribution in [0.25, 0.3) is 0 Å². The van der Waals surface area contributed by atoms with Crippen LogP contribution in [0.15, 0.2) is 48.5 Å². The lowest BCUT2D eigenvalue weighted by Crippen LogP contribution is -2.41. The van der Waals surface area contributed by atoms with E-state index >= 15 is 0 Å². The molecule has 0 spiro atoms. The fraction of sp³-hybridized carbons (Fsp3) is 0.318. The van der Waals surface area contributed by atoms with E-state index in [-0.39, 0.29) is 18.1 Å². The van der Waals surface area contributed by atoms with Crippen LogP contribution >= 0.6 is 0 Å². The molecule has 0 saturated heterocycles. The van der Waals surface area contributed by atoms with E-state index in [1.165, 1.54) is 13.0 Å². The molecule has 0 radical (unpaired) electrons. The number of amides is 3. The number of carbonyl (C=O) groups excluding carboxylic acids is 3. The molecule has 0 heterocycles. The Labute approximate surface area is 170 Å². The maximum Gasteiger partial charge on any atom is 0.313 e. The van der Waals surface area contributed by atoms with Crippen LogP contribution in [-0.2, 0) is 27.3 Å². The first kappa shape index (κ1) is 22.1. The van der Waals surface area contributed by atoms with Crippen molar-refractivity contribution in [2.24, 2.45) is 0 Å². The average molecular weight is 399 g/mol. The summed E-state index contributed by atoms with van der Waals surface area (Å²) in [6, 6.07) is 12.9. The van der Waals surface area contributed by atoms with Gasteiger partial charge in [-0.25, -0.2) is 4.39 Å². The molecule has 154 valence electrons. The van der Waals surface area contributed by atoms with Gasteiger partial charge in [-0.1, -0.05) is 30.3 Å². The average Bonchev–Trinajstić information content (AvgIpc) is 2.67. The molecule has 0 aliphatic carbocycles. The van der Waals surface area contributed by atoms with Gasteiger partial charge in [0.1, 0.15) is 5.82 Å². The second-order valence-corrected chi connectivity index (χ2v) is 6.86. The SMILES string of the molecule is CCN(Cc1cccc(NC(=O)C(=O)NC(C)Cc2ccccc2F)c1)C(C)=O. The third-order valence-corrected chi connectivity index (χ3v) is 4.45. The molecule has 7 heteroatoms. The summed E-state index contributed by atoms with van der Waals surface area (Å²) >= 11 is 0. The Balaban J connectivity index is 1.93. The minimum Gasteiger partial charge on any atom is -0.345 e. The van der Waals surface area contributed by atoms with Crippen molar-refractivity contribution in [1.29, 1.82) is 0 Å². The summed E-state index contributed by atoms with van der Waals surface area (Å²) in [5.74, 6) is -1.98. The maximum atomic E-state index is 13.7. The zero-order chi connectivity index (χ0) is 21.4. The van der Waals surface area contributed by atoms with Gasteiger partial charge in [-0.2, -0.15) is 0 Å². The van der Waals surface area contributed by atoms with Gasteiger partial charge in [-0.15, -0.1) is 0 Å². The number of carbonyl (C=O) groups is 3. The third-order valence-electron chi connectivity index (χ3n) is 4.45. The molecule has 3 amide bonds. The normalized spacial score (nSPS) is 11.4. The standard InChI is InChI=1S/C22H26FN3O3/c1-4-26(16(3)27)14-17-8-7-10-19(13-17)25-22(29)21(28)24-15(2)12-18-9-5-6-11-20(18)23/h5-11,13,15H,4,12,14H2,1-3H3,(H,24,28)(H,25,29). The Morgan fingerprint density at radius 1 is 1.07 bits per heavy atom. The molecule has 0 aromatic heterocycles. The number of halogens is 1. The molecule has 2 aromatic rings. The summed E-state index contributed by atoms with van der Waals surface area (Å²) in [5.41, 5.74) is 1.77. The third kappa shape index (κ3) is 6.71. The Bertz CT molecular complexity index is 885. The first-order chi connectivity index (χ1) is 13.8. The van der Waals surface area contributed by atoms with Crippen molar-refractivity contribution < 1.29 is 18.8 Å². The molecule has 2 N–H and O–H groups in total. The highest BCUT2D eigenvalue weighted by Crippen LogP contribution is 2.13. The first-order valence-corrected chi connectivity index (χ1v) is 9.49.